The molecule has 0 bridgehead atoms. The number of methoxy groups -OCH3 is 3. The first-order valence-electron chi connectivity index (χ1n) is 28.0. The van der Waals surface area contributed by atoms with Gasteiger partial charge in [-0.25, -0.2) is 60.2 Å². The highest BCUT2D eigenvalue weighted by atomic mass is 32.2. The lowest BCUT2D eigenvalue weighted by Crippen LogP contribution is -2.32. The Kier molecular flexibility index (Phi) is 139. The number of Topliss-reactive ketones (excluding diaryl/α,β-unsaturated/α-hetero) is 1. The molecular formula is C50H128N24O18S11. The molecule has 0 rings (SSSR count). The van der Waals surface area contributed by atoms with Crippen LogP contribution in [0.1, 0.15) is 20.8 Å². The molecule has 0 aliphatic heterocycles. The molecule has 103 heavy (non-hydrogen) atoms. The van der Waals surface area contributed by atoms with Crippen molar-refractivity contribution < 1.29 is 82.6 Å². The normalized spacial score (nSPS) is 8.73. The lowest BCUT2D eigenvalue weighted by atomic mass is 10.4. The van der Waals surface area contributed by atoms with Gasteiger partial charge in [0, 0.05) is 190 Å². The molecule has 0 heterocycles. The summed E-state index contributed by atoms with van der Waals surface area (Å²) in [5.41, 5.74) is 0. The fourth-order valence-corrected chi connectivity index (χ4v) is 3.59. The van der Waals surface area contributed by atoms with Gasteiger partial charge in [0.05, 0.1) is 26.3 Å². The fourth-order valence-electron chi connectivity index (χ4n) is 2.05. The Morgan fingerprint density at radius 1 is 0.427 bits per heavy atom. The number of ketones is 1. The molecule has 1 unspecified atom stereocenters. The number of esters is 1. The van der Waals surface area contributed by atoms with Crippen molar-refractivity contribution in [1.82, 2.24) is 121 Å². The lowest BCUT2D eigenvalue weighted by Gasteiger charge is -2.11. The second-order valence-corrected chi connectivity index (χ2v) is 26.6. The number of rotatable bonds is 9. The van der Waals surface area contributed by atoms with Gasteiger partial charge < -0.3 is 98.4 Å². The average molecular weight is 1710 g/mol. The van der Waals surface area contributed by atoms with Crippen LogP contribution in [0.25, 0.3) is 0 Å². The predicted octanol–water partition coefficient (Wildman–Crippen LogP) is -4.59. The topological polar surface area (TPSA) is 537 Å². The van der Waals surface area contributed by atoms with E-state index in [1.54, 1.807) is 128 Å². The van der Waals surface area contributed by atoms with Crippen LogP contribution in [0.2, 0.25) is 0 Å². The quantitative estimate of drug-likeness (QED) is 0.0587. The van der Waals surface area contributed by atoms with E-state index in [-0.39, 0.29) is 23.2 Å². The van der Waals surface area contributed by atoms with Crippen LogP contribution < -0.4 is 103 Å². The number of nitrogens with one attached hydrogen (secondary N) is 20. The Labute approximate surface area is 656 Å². The zero-order chi connectivity index (χ0) is 86.2. The molecule has 622 valence electrons. The summed E-state index contributed by atoms with van der Waals surface area (Å²) in [5.74, 6) is -2.59. The molecule has 42 nitrogen and oxygen atoms in total. The van der Waals surface area contributed by atoms with E-state index in [0.717, 1.165) is 25.8 Å². The van der Waals surface area contributed by atoms with Gasteiger partial charge in [-0.05, 0) is 77.2 Å². The van der Waals surface area contributed by atoms with E-state index in [1.165, 1.54) is 101 Å². The molecule has 0 radical (unpaired) electrons. The molecule has 0 aliphatic carbocycles. The number of alkyl carbamates (subject to hydrolysis) is 1. The number of amides is 9. The summed E-state index contributed by atoms with van der Waals surface area (Å²) in [4.78, 5) is 94.3. The first-order chi connectivity index (χ1) is 47.3. The monoisotopic (exact) mass is 1700 g/mol. The van der Waals surface area contributed by atoms with Crippen LogP contribution in [-0.2, 0) is 80.9 Å². The molecular weight excluding hydrogens is 1580 g/mol. The second-order valence-electron chi connectivity index (χ2n) is 15.7. The minimum absolute atomic E-state index is 0.00463. The van der Waals surface area contributed by atoms with Crippen LogP contribution in [0.4, 0.5) is 19.2 Å². The highest BCUT2D eigenvalue weighted by molar-refractivity contribution is 8.22. The molecule has 0 aromatic carbocycles. The number of hydrogen-bond donors (Lipinski definition) is 20. The molecule has 0 spiro atoms. The fraction of sp³-hybridized carbons (Fsp3) is 0.720. The highest BCUT2D eigenvalue weighted by Gasteiger charge is 2.09. The van der Waals surface area contributed by atoms with Gasteiger partial charge in [-0.1, -0.05) is 36.2 Å². The van der Waals surface area contributed by atoms with Crippen molar-refractivity contribution in [3.63, 3.8) is 0 Å². The van der Waals surface area contributed by atoms with Gasteiger partial charge in [0.1, 0.15) is 4.32 Å². The molecule has 0 saturated heterocycles. The molecule has 53 heteroatoms. The van der Waals surface area contributed by atoms with Crippen LogP contribution in [-0.4, -0.2) is 352 Å². The Balaban J connectivity index is -0.0000000561. The van der Waals surface area contributed by atoms with Crippen molar-refractivity contribution in [2.45, 2.75) is 20.8 Å². The second kappa shape index (κ2) is 105. The number of thioether (sulfide) groups is 2. The standard InChI is InChI=1S/C4H10N2O.C4H10N2S.C4H7NO3.C4H7NO2.C3H10N2O2S.C3H10N2OS.C3H8N2O.C3H8N2S.C3H7NO2.2C3H7NOS.C3H7NO.C3H7NS2.C3H7NS.C2H8N2O2S.C2H8N2OS/c2*1-5-4(7)6(2)3;1-5-3(6)4(7)8-2;1-3(6)4(7)5-2;1-4-8(6,7)5(2)3;1-4-7(6)5(2)3;2*1-4-3(6)5-2;2*1-4-3(5)6-2;1-4-3(6)5-2;1-3(5)4-2;1-4-3(5)6-2;1-3(5)4-2;1-3-7(5,6)4-2;1-3-6(5)4-2/h2*1-3H3,(H,5,7);1-2H3,(H,5,6);1-2H3,(H,5,7);4H,1-3H3;4H,1-3H3;2*1-2H3,(H2,4,5,6);2*1-2H3,(H,4,5);1-2H3,(H,4,6);1-2H3,(H,4,5);1-2H3,(H,4,5);1-2H3,(H,4,5);3-4H,1-2H3;3-4H,1-2H3. The van der Waals surface area contributed by atoms with Crippen LogP contribution >= 0.6 is 84.6 Å². The molecule has 0 fully saturated rings. The molecule has 9 amide bonds. The van der Waals surface area contributed by atoms with Crippen molar-refractivity contribution in [3.05, 3.63) is 0 Å². The Bertz CT molecular complexity index is 2170. The van der Waals surface area contributed by atoms with E-state index in [0.29, 0.717) is 10.3 Å². The van der Waals surface area contributed by atoms with E-state index >= 15 is 0 Å². The summed E-state index contributed by atoms with van der Waals surface area (Å²) in [6.45, 7) is 4.54. The number of carbonyl (C=O) groups excluding carboxylic acids is 9. The Morgan fingerprint density at radius 2 is 0.816 bits per heavy atom. The summed E-state index contributed by atoms with van der Waals surface area (Å²) in [5, 5.41) is 36.9. The van der Waals surface area contributed by atoms with Gasteiger partial charge in [-0.3, -0.25) is 24.0 Å². The largest absolute Gasteiger partial charge is 0.474 e. The minimum atomic E-state index is -3.16. The van der Waals surface area contributed by atoms with Crippen molar-refractivity contribution in [2.24, 2.45) is 0 Å². The van der Waals surface area contributed by atoms with Gasteiger partial charge in [0.25, 0.3) is 36.7 Å². The van der Waals surface area contributed by atoms with Crippen molar-refractivity contribution in [3.8, 4) is 0 Å². The summed E-state index contributed by atoms with van der Waals surface area (Å²) in [6.07, 6.45) is 3.27. The minimum Gasteiger partial charge on any atom is -0.474 e. The van der Waals surface area contributed by atoms with Crippen LogP contribution in [0.5, 0.6) is 0 Å². The molecule has 0 aromatic rings. The number of ether oxygens (including phenoxy) is 3. The molecule has 0 aromatic heterocycles. The van der Waals surface area contributed by atoms with Gasteiger partial charge in [0.15, 0.2) is 32.6 Å². The van der Waals surface area contributed by atoms with Crippen molar-refractivity contribution >= 4 is 205 Å². The van der Waals surface area contributed by atoms with E-state index < -0.39 is 72.4 Å². The van der Waals surface area contributed by atoms with Gasteiger partial charge >= 0.3 is 30.0 Å². The first kappa shape index (κ1) is 136. The maximum atomic E-state index is 10.5. The van der Waals surface area contributed by atoms with Gasteiger partial charge in [-0.15, -0.1) is 11.8 Å². The maximum Gasteiger partial charge on any atom is 0.406 e. The number of urea groups is 2. The van der Waals surface area contributed by atoms with Crippen LogP contribution in [0, 0.1) is 0 Å². The molecule has 1 atom stereocenters. The summed E-state index contributed by atoms with van der Waals surface area (Å²) in [6, 6.07) is -0.227. The third-order valence-electron chi connectivity index (χ3n) is 7.71. The predicted molar refractivity (Wildman–Crippen MR) is 445 cm³/mol. The van der Waals surface area contributed by atoms with Gasteiger partial charge in [-0.2, -0.15) is 21.1 Å². The Hall–Kier alpha value is -5.74. The number of likely N-dealkylation sites (N-methyl/N-ethyl adjacent to an activating group) is 2. The maximum absolute atomic E-state index is 10.5. The summed E-state index contributed by atoms with van der Waals surface area (Å²) in [7, 11) is 43.2. The van der Waals surface area contributed by atoms with Crippen LogP contribution in [0.3, 0.4) is 0 Å². The third kappa shape index (κ3) is 159. The first-order valence-corrected chi connectivity index (χ1v) is 37.7. The molecule has 0 saturated carbocycles. The number of carbonyl (C=O) groups is 9. The lowest BCUT2D eigenvalue weighted by molar-refractivity contribution is -0.152. The van der Waals surface area contributed by atoms with E-state index in [4.69, 9.17) is 24.4 Å². The highest BCUT2D eigenvalue weighted by Crippen LogP contribution is 1.90. The number of thiocarbonyl (C=S) groups is 5. The van der Waals surface area contributed by atoms with Crippen LogP contribution in [0.15, 0.2) is 0 Å². The van der Waals surface area contributed by atoms with Gasteiger partial charge in [0.2, 0.25) is 11.7 Å². The smallest absolute Gasteiger partial charge is 0.406 e. The summed E-state index contributed by atoms with van der Waals surface area (Å²) < 4.78 is 91.8. The average Bonchev–Trinajstić information content (AvgIpc) is 0.933. The molecule has 0 aliphatic rings. The molecule has 20 N–H and O–H groups in total. The number of nitrogens with zero attached hydrogens (tertiary/aromatic N) is 4. The van der Waals surface area contributed by atoms with E-state index in [9.17, 15) is 68.4 Å². The van der Waals surface area contributed by atoms with E-state index in [1.807, 2.05) is 53.3 Å². The van der Waals surface area contributed by atoms with Crippen molar-refractivity contribution in [2.75, 3.05) is 231 Å². The summed E-state index contributed by atoms with van der Waals surface area (Å²) >= 11 is 23.9. The zero-order valence-corrected chi connectivity index (χ0v) is 75.6. The zero-order valence-electron chi connectivity index (χ0n) is 66.6. The SMILES string of the molecule is CNC(=O)C(=O)OC.CNC(=O)C(C)=O.CNC(=O)N(C)C.CNC(=O)NC.CNC(=O)OC.CNC(=O)SC.CNC(=S)N(C)C.CNC(=S)NC.CNC(=S)OC.CNC(=S)SC.CNC(C)=O.CNC(C)=S.CNS(=O)(=O)N(C)C.CNS(=O)(=O)NC.CNS(=O)N(C)C.CNS(=O)NC. The Morgan fingerprint density at radius 3 is 0.825 bits per heavy atom. The van der Waals surface area contributed by atoms with E-state index in [2.05, 4.69) is 154 Å². The van der Waals surface area contributed by atoms with Crippen molar-refractivity contribution in [1.29, 1.82) is 0 Å². The third-order valence-corrected chi connectivity index (χ3v) is 15.4. The number of hydrogen-bond acceptors (Lipinski definition) is 25.